The number of aromatic amines is 1. The Balaban J connectivity index is 1.60. The molecule has 2 heterocycles. The van der Waals surface area contributed by atoms with Gasteiger partial charge in [0.05, 0.1) is 11.9 Å². The van der Waals surface area contributed by atoms with Crippen LogP contribution in [0.4, 0.5) is 0 Å². The van der Waals surface area contributed by atoms with Crippen LogP contribution in [0.15, 0.2) is 76.8 Å². The van der Waals surface area contributed by atoms with E-state index in [9.17, 15) is 4.79 Å². The monoisotopic (exact) mass is 374 g/mol. The Bertz CT molecular complexity index is 1160. The molecule has 0 atom stereocenters. The molecule has 0 amide bonds. The summed E-state index contributed by atoms with van der Waals surface area (Å²) in [6.07, 6.45) is 5.68. The minimum atomic E-state index is -0.173. The third-order valence-corrected chi connectivity index (χ3v) is 4.91. The first-order valence-electron chi connectivity index (χ1n) is 8.60. The normalized spacial score (nSPS) is 11.4. The molecule has 0 unspecified atom stereocenters. The molecule has 2 aromatic carbocycles. The highest BCUT2D eigenvalue weighted by molar-refractivity contribution is 7.99. The van der Waals surface area contributed by atoms with Crippen molar-refractivity contribution in [2.24, 2.45) is 0 Å². The largest absolute Gasteiger partial charge is 0.301 e. The van der Waals surface area contributed by atoms with Crippen LogP contribution in [0.1, 0.15) is 11.1 Å². The summed E-state index contributed by atoms with van der Waals surface area (Å²) in [6.45, 7) is 2.02. The molecule has 0 radical (unpaired) electrons. The molecule has 6 heteroatoms. The summed E-state index contributed by atoms with van der Waals surface area (Å²) < 4.78 is 1.71. The van der Waals surface area contributed by atoms with Gasteiger partial charge in [0.15, 0.2) is 10.8 Å². The summed E-state index contributed by atoms with van der Waals surface area (Å²) in [6, 6.07) is 18.1. The Morgan fingerprint density at radius 3 is 2.81 bits per heavy atom. The zero-order chi connectivity index (χ0) is 18.6. The van der Waals surface area contributed by atoms with Crippen molar-refractivity contribution < 1.29 is 0 Å². The fraction of sp³-hybridized carbons (Fsp3) is 0.0952. The smallest absolute Gasteiger partial charge is 0.262 e. The highest BCUT2D eigenvalue weighted by Crippen LogP contribution is 2.18. The van der Waals surface area contributed by atoms with Gasteiger partial charge in [-0.05, 0) is 30.2 Å². The number of benzene rings is 2. The number of hydrogen-bond donors (Lipinski definition) is 1. The summed E-state index contributed by atoms with van der Waals surface area (Å²) in [7, 11) is 0. The molecule has 134 valence electrons. The Labute approximate surface area is 160 Å². The molecule has 1 N–H and O–H groups in total. The second-order valence-corrected chi connectivity index (χ2v) is 7.14. The molecule has 4 aromatic rings. The summed E-state index contributed by atoms with van der Waals surface area (Å²) in [5.74, 6) is 0.710. The number of hydrogen-bond acceptors (Lipinski definition) is 4. The van der Waals surface area contributed by atoms with Gasteiger partial charge in [0.2, 0.25) is 0 Å². The molecule has 4 rings (SSSR count). The van der Waals surface area contributed by atoms with E-state index in [1.165, 1.54) is 11.8 Å². The van der Waals surface area contributed by atoms with Crippen LogP contribution in [0.2, 0.25) is 0 Å². The van der Waals surface area contributed by atoms with E-state index in [-0.39, 0.29) is 5.56 Å². The second kappa shape index (κ2) is 7.63. The molecular formula is C21H18N4OS. The molecule has 0 aliphatic rings. The molecule has 0 spiro atoms. The summed E-state index contributed by atoms with van der Waals surface area (Å²) in [5.41, 5.74) is 3.56. The maximum absolute atomic E-state index is 12.4. The van der Waals surface area contributed by atoms with E-state index in [1.54, 1.807) is 10.9 Å². The number of nitrogens with one attached hydrogen (secondary N) is 1. The van der Waals surface area contributed by atoms with Crippen LogP contribution in [-0.2, 0) is 0 Å². The van der Waals surface area contributed by atoms with Crippen LogP contribution in [0.3, 0.4) is 0 Å². The SMILES string of the molecule is Cc1cccc(-n2ncc3c(=O)[nH]c(SC/C=C/c4ccccc4)nc32)c1. The van der Waals surface area contributed by atoms with E-state index in [0.717, 1.165) is 16.8 Å². The van der Waals surface area contributed by atoms with Crippen molar-refractivity contribution in [3.63, 3.8) is 0 Å². The average molecular weight is 374 g/mol. The second-order valence-electron chi connectivity index (χ2n) is 6.13. The number of fused-ring (bicyclic) bond motifs is 1. The zero-order valence-corrected chi connectivity index (χ0v) is 15.6. The number of rotatable bonds is 5. The van der Waals surface area contributed by atoms with Crippen LogP contribution in [0.5, 0.6) is 0 Å². The number of nitrogens with zero attached hydrogens (tertiary/aromatic N) is 3. The molecule has 0 saturated heterocycles. The third-order valence-electron chi connectivity index (χ3n) is 4.09. The standard InChI is InChI=1S/C21H18N4OS/c1-15-7-5-11-17(13-15)25-19-18(14-22-25)20(26)24-21(23-19)27-12-6-10-16-8-3-2-4-9-16/h2-11,13-14H,12H2,1H3,(H,23,24,26)/b10-6+. The van der Waals surface area contributed by atoms with E-state index in [4.69, 9.17) is 0 Å². The highest BCUT2D eigenvalue weighted by Gasteiger charge is 2.11. The van der Waals surface area contributed by atoms with Crippen molar-refractivity contribution in [3.05, 3.63) is 88.4 Å². The topological polar surface area (TPSA) is 63.6 Å². The molecule has 2 aromatic heterocycles. The minimum Gasteiger partial charge on any atom is -0.301 e. The van der Waals surface area contributed by atoms with E-state index >= 15 is 0 Å². The molecule has 5 nitrogen and oxygen atoms in total. The van der Waals surface area contributed by atoms with Crippen LogP contribution in [-0.4, -0.2) is 25.5 Å². The van der Waals surface area contributed by atoms with Gasteiger partial charge in [-0.15, -0.1) is 0 Å². The van der Waals surface area contributed by atoms with Crippen LogP contribution in [0.25, 0.3) is 22.8 Å². The maximum Gasteiger partial charge on any atom is 0.262 e. The van der Waals surface area contributed by atoms with Crippen LogP contribution in [0, 0.1) is 6.92 Å². The molecule has 0 saturated carbocycles. The van der Waals surface area contributed by atoms with E-state index in [0.29, 0.717) is 21.9 Å². The Morgan fingerprint density at radius 1 is 1.15 bits per heavy atom. The first-order valence-corrected chi connectivity index (χ1v) is 9.59. The molecule has 0 bridgehead atoms. The van der Waals surface area contributed by atoms with Gasteiger partial charge < -0.3 is 4.98 Å². The fourth-order valence-electron chi connectivity index (χ4n) is 2.79. The van der Waals surface area contributed by atoms with Crippen molar-refractivity contribution >= 4 is 28.9 Å². The van der Waals surface area contributed by atoms with Crippen LogP contribution < -0.4 is 5.56 Å². The third kappa shape index (κ3) is 3.85. The van der Waals surface area contributed by atoms with Crippen molar-refractivity contribution in [2.75, 3.05) is 5.75 Å². The summed E-state index contributed by atoms with van der Waals surface area (Å²) in [5, 5.41) is 5.43. The lowest BCUT2D eigenvalue weighted by atomic mass is 10.2. The van der Waals surface area contributed by atoms with Gasteiger partial charge in [-0.3, -0.25) is 4.79 Å². The quantitative estimate of drug-likeness (QED) is 0.420. The van der Waals surface area contributed by atoms with E-state index in [2.05, 4.69) is 27.2 Å². The molecule has 0 aliphatic heterocycles. The first-order chi connectivity index (χ1) is 13.2. The van der Waals surface area contributed by atoms with Gasteiger partial charge in [-0.1, -0.05) is 66.4 Å². The van der Waals surface area contributed by atoms with Crippen molar-refractivity contribution in [1.29, 1.82) is 0 Å². The lowest BCUT2D eigenvalue weighted by Gasteiger charge is -2.05. The van der Waals surface area contributed by atoms with Gasteiger partial charge >= 0.3 is 0 Å². The fourth-order valence-corrected chi connectivity index (χ4v) is 3.46. The summed E-state index contributed by atoms with van der Waals surface area (Å²) >= 11 is 1.48. The van der Waals surface area contributed by atoms with Crippen molar-refractivity contribution in [2.45, 2.75) is 12.1 Å². The van der Waals surface area contributed by atoms with Crippen molar-refractivity contribution in [1.82, 2.24) is 19.7 Å². The lowest BCUT2D eigenvalue weighted by Crippen LogP contribution is -2.09. The molecular weight excluding hydrogens is 356 g/mol. The highest BCUT2D eigenvalue weighted by atomic mass is 32.2. The number of H-pyrrole nitrogens is 1. The van der Waals surface area contributed by atoms with Gasteiger partial charge in [-0.25, -0.2) is 9.67 Å². The molecule has 27 heavy (non-hydrogen) atoms. The number of aryl methyl sites for hydroxylation is 1. The van der Waals surface area contributed by atoms with Gasteiger partial charge in [-0.2, -0.15) is 5.10 Å². The van der Waals surface area contributed by atoms with Gasteiger partial charge in [0, 0.05) is 5.75 Å². The maximum atomic E-state index is 12.4. The minimum absolute atomic E-state index is 0.173. The molecule has 0 fully saturated rings. The lowest BCUT2D eigenvalue weighted by molar-refractivity contribution is 0.872. The zero-order valence-electron chi connectivity index (χ0n) is 14.8. The van der Waals surface area contributed by atoms with Crippen LogP contribution >= 0.6 is 11.8 Å². The van der Waals surface area contributed by atoms with E-state index in [1.807, 2.05) is 61.5 Å². The molecule has 0 aliphatic carbocycles. The van der Waals surface area contributed by atoms with E-state index < -0.39 is 0 Å². The predicted octanol–water partition coefficient (Wildman–Crippen LogP) is 4.22. The number of aromatic nitrogens is 4. The van der Waals surface area contributed by atoms with Crippen molar-refractivity contribution in [3.8, 4) is 5.69 Å². The first kappa shape index (κ1) is 17.3. The predicted molar refractivity (Wildman–Crippen MR) is 110 cm³/mol. The Kier molecular flexibility index (Phi) is 4.89. The van der Waals surface area contributed by atoms with Gasteiger partial charge in [0.1, 0.15) is 5.39 Å². The van der Waals surface area contributed by atoms with Gasteiger partial charge in [0.25, 0.3) is 5.56 Å². The summed E-state index contributed by atoms with van der Waals surface area (Å²) in [4.78, 5) is 19.8. The Hall–Kier alpha value is -3.12. The average Bonchev–Trinajstić information content (AvgIpc) is 3.11. The number of thioether (sulfide) groups is 1. The Morgan fingerprint density at radius 2 is 2.00 bits per heavy atom.